The first-order valence-electron chi connectivity index (χ1n) is 8.30. The van der Waals surface area contributed by atoms with Crippen molar-refractivity contribution in [3.63, 3.8) is 0 Å². The lowest BCUT2D eigenvalue weighted by atomic mass is 10.2. The number of benzene rings is 1. The van der Waals surface area contributed by atoms with E-state index in [0.29, 0.717) is 18.8 Å². The van der Waals surface area contributed by atoms with Crippen LogP contribution in [0.15, 0.2) is 47.1 Å². The molecule has 0 atom stereocenters. The van der Waals surface area contributed by atoms with Crippen molar-refractivity contribution >= 4 is 44.9 Å². The Morgan fingerprint density at radius 2 is 1.88 bits per heavy atom. The molecule has 1 aliphatic rings. The minimum atomic E-state index is -0.232. The average Bonchev–Trinajstić information content (AvgIpc) is 3.16. The average molecular weight is 388 g/mol. The summed E-state index contributed by atoms with van der Waals surface area (Å²) in [5, 5.41) is 2.85. The molecule has 1 saturated heterocycles. The summed E-state index contributed by atoms with van der Waals surface area (Å²) < 4.78 is 14.1. The van der Waals surface area contributed by atoms with E-state index in [1.807, 2.05) is 16.3 Å². The van der Waals surface area contributed by atoms with Crippen molar-refractivity contribution in [2.45, 2.75) is 5.03 Å². The number of aromatic nitrogens is 2. The largest absolute Gasteiger partial charge is 0.368 e. The fraction of sp³-hybridized carbons (Fsp3) is 0.278. The Kier molecular flexibility index (Phi) is 5.03. The highest BCUT2D eigenvalue weighted by Crippen LogP contribution is 2.29. The van der Waals surface area contributed by atoms with Gasteiger partial charge in [-0.3, -0.25) is 4.79 Å². The van der Waals surface area contributed by atoms with E-state index in [4.69, 9.17) is 0 Å². The number of hydrogen-bond acceptors (Lipinski definition) is 6. The lowest BCUT2D eigenvalue weighted by molar-refractivity contribution is -0.128. The Hall–Kier alpha value is -2.19. The molecule has 4 rings (SSSR count). The zero-order valence-electron chi connectivity index (χ0n) is 14.0. The zero-order chi connectivity index (χ0) is 17.9. The SMILES string of the molecule is O=C(CSc1ncnc2ccsc12)N1CCN(c2ccc(F)cc2)CC1. The Bertz CT molecular complexity index is 907. The van der Waals surface area contributed by atoms with Crippen LogP contribution >= 0.6 is 23.1 Å². The van der Waals surface area contributed by atoms with Crippen LogP contribution in [0.25, 0.3) is 10.2 Å². The molecule has 1 aliphatic heterocycles. The summed E-state index contributed by atoms with van der Waals surface area (Å²) in [6.45, 7) is 2.86. The van der Waals surface area contributed by atoms with Gasteiger partial charge in [-0.2, -0.15) is 0 Å². The number of fused-ring (bicyclic) bond motifs is 1. The van der Waals surface area contributed by atoms with Crippen molar-refractivity contribution < 1.29 is 9.18 Å². The number of nitrogens with zero attached hydrogens (tertiary/aromatic N) is 4. The molecule has 1 amide bonds. The number of thiophene rings is 1. The summed E-state index contributed by atoms with van der Waals surface area (Å²) in [6, 6.07) is 8.46. The molecule has 0 N–H and O–H groups in total. The molecule has 2 aromatic heterocycles. The van der Waals surface area contributed by atoms with E-state index >= 15 is 0 Å². The topological polar surface area (TPSA) is 49.3 Å². The lowest BCUT2D eigenvalue weighted by Crippen LogP contribution is -2.49. The molecule has 0 unspecified atom stereocenters. The number of carbonyl (C=O) groups is 1. The zero-order valence-corrected chi connectivity index (χ0v) is 15.6. The van der Waals surface area contributed by atoms with E-state index in [1.165, 1.54) is 23.9 Å². The van der Waals surface area contributed by atoms with Crippen LogP contribution in [-0.2, 0) is 4.79 Å². The van der Waals surface area contributed by atoms with E-state index < -0.39 is 0 Å². The summed E-state index contributed by atoms with van der Waals surface area (Å²) in [5.41, 5.74) is 1.92. The number of rotatable bonds is 4. The number of anilines is 1. The minimum absolute atomic E-state index is 0.122. The highest BCUT2D eigenvalue weighted by Gasteiger charge is 2.21. The minimum Gasteiger partial charge on any atom is -0.368 e. The van der Waals surface area contributed by atoms with Gasteiger partial charge in [0.25, 0.3) is 0 Å². The Morgan fingerprint density at radius 3 is 2.65 bits per heavy atom. The maximum absolute atomic E-state index is 13.0. The van der Waals surface area contributed by atoms with Gasteiger partial charge in [0.15, 0.2) is 0 Å². The molecule has 0 bridgehead atoms. The van der Waals surface area contributed by atoms with Crippen LogP contribution in [0.3, 0.4) is 0 Å². The fourth-order valence-electron chi connectivity index (χ4n) is 2.96. The molecular formula is C18H17FN4OS2. The molecule has 0 spiro atoms. The molecule has 0 saturated carbocycles. The number of thioether (sulfide) groups is 1. The second-order valence-corrected chi connectivity index (χ2v) is 7.83. The highest BCUT2D eigenvalue weighted by atomic mass is 32.2. The maximum atomic E-state index is 13.0. The summed E-state index contributed by atoms with van der Waals surface area (Å²) >= 11 is 3.06. The van der Waals surface area contributed by atoms with Crippen molar-refractivity contribution in [2.75, 3.05) is 36.8 Å². The van der Waals surface area contributed by atoms with E-state index in [2.05, 4.69) is 14.9 Å². The first kappa shape index (κ1) is 17.2. The van der Waals surface area contributed by atoms with Gasteiger partial charge in [-0.05, 0) is 35.7 Å². The molecule has 1 fully saturated rings. The van der Waals surface area contributed by atoms with E-state index in [0.717, 1.165) is 34.0 Å². The Labute approximate surface area is 158 Å². The number of piperazine rings is 1. The van der Waals surface area contributed by atoms with Crippen LogP contribution in [0.5, 0.6) is 0 Å². The van der Waals surface area contributed by atoms with Gasteiger partial charge >= 0.3 is 0 Å². The van der Waals surface area contributed by atoms with Crippen molar-refractivity contribution in [2.24, 2.45) is 0 Å². The van der Waals surface area contributed by atoms with Gasteiger partial charge in [0.2, 0.25) is 5.91 Å². The second kappa shape index (κ2) is 7.59. The summed E-state index contributed by atoms with van der Waals surface area (Å²) in [4.78, 5) is 25.1. The second-order valence-electron chi connectivity index (χ2n) is 5.95. The molecule has 0 radical (unpaired) electrons. The normalized spacial score (nSPS) is 14.8. The van der Waals surface area contributed by atoms with Gasteiger partial charge in [-0.25, -0.2) is 14.4 Å². The first-order valence-corrected chi connectivity index (χ1v) is 10.2. The molecule has 26 heavy (non-hydrogen) atoms. The van der Waals surface area contributed by atoms with Crippen molar-refractivity contribution in [3.05, 3.63) is 47.9 Å². The van der Waals surface area contributed by atoms with Gasteiger partial charge in [-0.15, -0.1) is 11.3 Å². The summed E-state index contributed by atoms with van der Waals surface area (Å²) in [5.74, 6) is 0.266. The van der Waals surface area contributed by atoms with Crippen LogP contribution in [0.4, 0.5) is 10.1 Å². The molecular weight excluding hydrogens is 371 g/mol. The fourth-order valence-corrected chi connectivity index (χ4v) is 4.81. The van der Waals surface area contributed by atoms with Gasteiger partial charge in [0, 0.05) is 31.9 Å². The third-order valence-electron chi connectivity index (χ3n) is 4.37. The number of halogens is 1. The highest BCUT2D eigenvalue weighted by molar-refractivity contribution is 8.00. The van der Waals surface area contributed by atoms with Gasteiger partial charge < -0.3 is 9.80 Å². The van der Waals surface area contributed by atoms with Crippen LogP contribution in [0, 0.1) is 5.82 Å². The third kappa shape index (κ3) is 3.66. The molecule has 134 valence electrons. The Morgan fingerprint density at radius 1 is 1.12 bits per heavy atom. The molecule has 1 aromatic carbocycles. The molecule has 0 aliphatic carbocycles. The number of amides is 1. The van der Waals surface area contributed by atoms with Gasteiger partial charge in [0.05, 0.1) is 16.0 Å². The first-order chi connectivity index (χ1) is 12.7. The van der Waals surface area contributed by atoms with Gasteiger partial charge in [0.1, 0.15) is 17.2 Å². The van der Waals surface area contributed by atoms with E-state index in [-0.39, 0.29) is 11.7 Å². The van der Waals surface area contributed by atoms with E-state index in [9.17, 15) is 9.18 Å². The molecule has 3 aromatic rings. The predicted molar refractivity (Wildman–Crippen MR) is 103 cm³/mol. The van der Waals surface area contributed by atoms with Crippen LogP contribution < -0.4 is 4.90 Å². The lowest BCUT2D eigenvalue weighted by Gasteiger charge is -2.36. The van der Waals surface area contributed by atoms with Crippen molar-refractivity contribution in [1.82, 2.24) is 14.9 Å². The predicted octanol–water partition coefficient (Wildman–Crippen LogP) is 3.27. The summed E-state index contributed by atoms with van der Waals surface area (Å²) in [6.07, 6.45) is 1.54. The standard InChI is InChI=1S/C18H17FN4OS2/c19-13-1-3-14(4-2-13)22-6-8-23(9-7-22)16(24)11-26-18-17-15(5-10-25-17)20-12-21-18/h1-5,10,12H,6-9,11H2. The van der Waals surface area contributed by atoms with Crippen molar-refractivity contribution in [1.29, 1.82) is 0 Å². The van der Waals surface area contributed by atoms with Crippen molar-refractivity contribution in [3.8, 4) is 0 Å². The summed E-state index contributed by atoms with van der Waals surface area (Å²) in [7, 11) is 0. The molecule has 3 heterocycles. The molecule has 8 heteroatoms. The Balaban J connectivity index is 1.32. The van der Waals surface area contributed by atoms with E-state index in [1.54, 1.807) is 29.8 Å². The number of carbonyl (C=O) groups excluding carboxylic acids is 1. The van der Waals surface area contributed by atoms with Crippen LogP contribution in [0.2, 0.25) is 0 Å². The molecule has 5 nitrogen and oxygen atoms in total. The van der Waals surface area contributed by atoms with Gasteiger partial charge in [-0.1, -0.05) is 11.8 Å². The maximum Gasteiger partial charge on any atom is 0.233 e. The smallest absolute Gasteiger partial charge is 0.233 e. The third-order valence-corrected chi connectivity index (χ3v) is 6.38. The quantitative estimate of drug-likeness (QED) is 0.507. The van der Waals surface area contributed by atoms with Crippen LogP contribution in [0.1, 0.15) is 0 Å². The van der Waals surface area contributed by atoms with Crippen LogP contribution in [-0.4, -0.2) is 52.7 Å². The monoisotopic (exact) mass is 388 g/mol. The number of hydrogen-bond donors (Lipinski definition) is 0.